The summed E-state index contributed by atoms with van der Waals surface area (Å²) in [6.45, 7) is 0.0645. The molecule has 1 N–H and O–H groups in total. The molecule has 4 amide bonds. The van der Waals surface area contributed by atoms with Crippen LogP contribution >= 0.6 is 0 Å². The maximum absolute atomic E-state index is 12.3. The lowest BCUT2D eigenvalue weighted by Crippen LogP contribution is -2.33. The Bertz CT molecular complexity index is 915. The number of hydrogen-bond acceptors (Lipinski definition) is 5. The Kier molecular flexibility index (Phi) is 3.35. The summed E-state index contributed by atoms with van der Waals surface area (Å²) < 4.78 is 5.57. The highest BCUT2D eigenvalue weighted by Gasteiger charge is 2.35. The maximum Gasteiger partial charge on any atom is 0.262 e. The van der Waals surface area contributed by atoms with Crippen LogP contribution < -0.4 is 10.1 Å². The van der Waals surface area contributed by atoms with Crippen LogP contribution in [-0.4, -0.2) is 41.7 Å². The number of fused-ring (bicyclic) bond motifs is 2. The van der Waals surface area contributed by atoms with E-state index in [-0.39, 0.29) is 41.8 Å². The van der Waals surface area contributed by atoms with Gasteiger partial charge in [0, 0.05) is 0 Å². The monoisotopic (exact) mass is 336 g/mol. The first kappa shape index (κ1) is 15.1. The topological polar surface area (TPSA) is 92.8 Å². The molecule has 0 aromatic heterocycles. The lowest BCUT2D eigenvalue weighted by atomic mass is 10.1. The van der Waals surface area contributed by atoms with Gasteiger partial charge in [-0.1, -0.05) is 18.2 Å². The normalized spacial score (nSPS) is 15.3. The largest absolute Gasteiger partial charge is 0.491 e. The molecule has 25 heavy (non-hydrogen) atoms. The van der Waals surface area contributed by atoms with Gasteiger partial charge in [-0.15, -0.1) is 0 Å². The first-order valence-corrected chi connectivity index (χ1v) is 7.64. The highest BCUT2D eigenvalue weighted by atomic mass is 16.5. The zero-order valence-corrected chi connectivity index (χ0v) is 12.9. The standard InChI is InChI=1S/C18H12N2O5/c21-15-12-6-3-7-13(14(12)16(22)19-15)25-9-8-20-17(23)10-4-1-2-5-11(10)18(20)24/h1-7H,8-9H2,(H,19,21,22). The first-order valence-electron chi connectivity index (χ1n) is 7.64. The minimum Gasteiger partial charge on any atom is -0.491 e. The number of benzene rings is 2. The Labute approximate surface area is 142 Å². The Morgan fingerprint density at radius 2 is 1.44 bits per heavy atom. The highest BCUT2D eigenvalue weighted by molar-refractivity contribution is 6.23. The molecule has 0 fully saturated rings. The fourth-order valence-electron chi connectivity index (χ4n) is 3.00. The van der Waals surface area contributed by atoms with Gasteiger partial charge in [0.15, 0.2) is 0 Å². The average Bonchev–Trinajstić information content (AvgIpc) is 3.04. The lowest BCUT2D eigenvalue weighted by Gasteiger charge is -2.15. The third-order valence-electron chi connectivity index (χ3n) is 4.18. The number of imide groups is 2. The van der Waals surface area contributed by atoms with Crippen molar-refractivity contribution in [3.05, 3.63) is 64.7 Å². The smallest absolute Gasteiger partial charge is 0.262 e. The van der Waals surface area contributed by atoms with Crippen LogP contribution in [0.2, 0.25) is 0 Å². The molecular formula is C18H12N2O5. The van der Waals surface area contributed by atoms with Crippen molar-refractivity contribution in [2.45, 2.75) is 0 Å². The summed E-state index contributed by atoms with van der Waals surface area (Å²) in [5, 5.41) is 2.20. The number of nitrogens with one attached hydrogen (secondary N) is 1. The van der Waals surface area contributed by atoms with Crippen molar-refractivity contribution < 1.29 is 23.9 Å². The van der Waals surface area contributed by atoms with Crippen molar-refractivity contribution in [3.8, 4) is 5.75 Å². The van der Waals surface area contributed by atoms with Crippen LogP contribution in [0.5, 0.6) is 5.75 Å². The predicted octanol–water partition coefficient (Wildman–Crippen LogP) is 1.25. The number of amides is 4. The van der Waals surface area contributed by atoms with Crippen LogP contribution in [0.3, 0.4) is 0 Å². The summed E-state index contributed by atoms with van der Waals surface area (Å²) in [5.41, 5.74) is 1.18. The quantitative estimate of drug-likeness (QED) is 0.848. The van der Waals surface area contributed by atoms with E-state index < -0.39 is 11.8 Å². The van der Waals surface area contributed by atoms with Gasteiger partial charge in [0.1, 0.15) is 12.4 Å². The summed E-state index contributed by atoms with van der Waals surface area (Å²) >= 11 is 0. The van der Waals surface area contributed by atoms with Crippen LogP contribution in [0.4, 0.5) is 0 Å². The van der Waals surface area contributed by atoms with Crippen molar-refractivity contribution in [3.63, 3.8) is 0 Å². The highest BCUT2D eigenvalue weighted by Crippen LogP contribution is 2.27. The molecule has 2 heterocycles. The minimum atomic E-state index is -0.517. The maximum atomic E-state index is 12.3. The SMILES string of the molecule is O=C1NC(=O)c2c(OCCN3C(=O)c4ccccc4C3=O)cccc21. The zero-order valence-electron chi connectivity index (χ0n) is 12.9. The lowest BCUT2D eigenvalue weighted by molar-refractivity contribution is 0.0629. The summed E-state index contributed by atoms with van der Waals surface area (Å²) in [5.74, 6) is -1.47. The fourth-order valence-corrected chi connectivity index (χ4v) is 3.00. The van der Waals surface area contributed by atoms with Gasteiger partial charge in [0.25, 0.3) is 23.6 Å². The van der Waals surface area contributed by atoms with E-state index in [1.165, 1.54) is 6.07 Å². The number of ether oxygens (including phenoxy) is 1. The Hall–Kier alpha value is -3.48. The molecule has 0 aliphatic carbocycles. The first-order chi connectivity index (χ1) is 12.1. The second-order valence-corrected chi connectivity index (χ2v) is 5.62. The van der Waals surface area contributed by atoms with Crippen LogP contribution in [0.1, 0.15) is 41.4 Å². The van der Waals surface area contributed by atoms with Gasteiger partial charge >= 0.3 is 0 Å². The molecular weight excluding hydrogens is 324 g/mol. The van der Waals surface area contributed by atoms with E-state index in [1.807, 2.05) is 0 Å². The number of carbonyl (C=O) groups is 4. The van der Waals surface area contributed by atoms with Crippen LogP contribution in [0.15, 0.2) is 42.5 Å². The summed E-state index contributed by atoms with van der Waals surface area (Å²) in [6, 6.07) is 11.3. The molecule has 0 radical (unpaired) electrons. The number of carbonyl (C=O) groups excluding carboxylic acids is 4. The second kappa shape index (κ2) is 5.55. The van der Waals surface area contributed by atoms with E-state index in [0.717, 1.165) is 4.90 Å². The fraction of sp³-hybridized carbons (Fsp3) is 0.111. The van der Waals surface area contributed by atoms with Crippen molar-refractivity contribution in [2.75, 3.05) is 13.2 Å². The van der Waals surface area contributed by atoms with Crippen molar-refractivity contribution >= 4 is 23.6 Å². The average molecular weight is 336 g/mol. The second-order valence-electron chi connectivity index (χ2n) is 5.62. The Morgan fingerprint density at radius 1 is 0.800 bits per heavy atom. The molecule has 2 aromatic carbocycles. The van der Waals surface area contributed by atoms with E-state index in [4.69, 9.17) is 4.74 Å². The van der Waals surface area contributed by atoms with Gasteiger partial charge in [-0.05, 0) is 24.3 Å². The molecule has 0 saturated heterocycles. The molecule has 0 bridgehead atoms. The molecule has 7 heteroatoms. The van der Waals surface area contributed by atoms with Crippen molar-refractivity contribution in [2.24, 2.45) is 0 Å². The molecule has 0 spiro atoms. The van der Waals surface area contributed by atoms with Gasteiger partial charge in [0.05, 0.1) is 28.8 Å². The van der Waals surface area contributed by atoms with Gasteiger partial charge in [0.2, 0.25) is 0 Å². The molecule has 2 aliphatic heterocycles. The third-order valence-corrected chi connectivity index (χ3v) is 4.18. The molecule has 2 aliphatic rings. The Balaban J connectivity index is 1.48. The molecule has 4 rings (SSSR count). The van der Waals surface area contributed by atoms with Crippen LogP contribution in [0.25, 0.3) is 0 Å². The zero-order chi connectivity index (χ0) is 17.6. The minimum absolute atomic E-state index is 0.0173. The third kappa shape index (κ3) is 2.28. The number of rotatable bonds is 4. The van der Waals surface area contributed by atoms with E-state index in [9.17, 15) is 19.2 Å². The summed E-state index contributed by atoms with van der Waals surface area (Å²) in [6.07, 6.45) is 0. The van der Waals surface area contributed by atoms with E-state index in [1.54, 1.807) is 36.4 Å². The molecule has 7 nitrogen and oxygen atoms in total. The van der Waals surface area contributed by atoms with Gasteiger partial charge in [-0.3, -0.25) is 29.4 Å². The van der Waals surface area contributed by atoms with Crippen molar-refractivity contribution in [1.29, 1.82) is 0 Å². The summed E-state index contributed by atoms with van der Waals surface area (Å²) in [4.78, 5) is 49.1. The van der Waals surface area contributed by atoms with E-state index >= 15 is 0 Å². The van der Waals surface area contributed by atoms with Crippen LogP contribution in [0, 0.1) is 0 Å². The van der Waals surface area contributed by atoms with Gasteiger partial charge < -0.3 is 4.74 Å². The van der Waals surface area contributed by atoms with Crippen molar-refractivity contribution in [1.82, 2.24) is 10.2 Å². The molecule has 0 saturated carbocycles. The van der Waals surface area contributed by atoms with E-state index in [2.05, 4.69) is 5.32 Å². The predicted molar refractivity (Wildman–Crippen MR) is 85.5 cm³/mol. The van der Waals surface area contributed by atoms with Gasteiger partial charge in [-0.2, -0.15) is 0 Å². The van der Waals surface area contributed by atoms with Crippen LogP contribution in [-0.2, 0) is 0 Å². The number of hydrogen-bond donors (Lipinski definition) is 1. The molecule has 2 aromatic rings. The molecule has 0 atom stereocenters. The van der Waals surface area contributed by atoms with Gasteiger partial charge in [-0.25, -0.2) is 0 Å². The molecule has 124 valence electrons. The van der Waals surface area contributed by atoms with E-state index in [0.29, 0.717) is 11.1 Å². The Morgan fingerprint density at radius 3 is 2.12 bits per heavy atom. The number of nitrogens with zero attached hydrogens (tertiary/aromatic N) is 1. The molecule has 0 unspecified atom stereocenters. The summed E-state index contributed by atoms with van der Waals surface area (Å²) in [7, 11) is 0.